The van der Waals surface area contributed by atoms with Crippen LogP contribution in [0.3, 0.4) is 0 Å². The standard InChI is InChI=1S/C39H48NO.BrH/c1-40(2,3)29-12-10-8-6-4-5-7-9-11-13-30-41-36-26-18-31(19-27-36)17-20-32-21-22-35-24-23-33-15-14-16-34-25-28-37(32)39(35)38(33)34;/h14-28H,4-13,29-30H2,1-3H3;1H/q+1;/p-1/b20-17+;. The van der Waals surface area contributed by atoms with Gasteiger partial charge in [0.15, 0.2) is 0 Å². The third-order valence-electron chi connectivity index (χ3n) is 8.39. The topological polar surface area (TPSA) is 9.23 Å². The zero-order chi connectivity index (χ0) is 28.5. The van der Waals surface area contributed by atoms with E-state index in [2.05, 4.69) is 112 Å². The van der Waals surface area contributed by atoms with Crippen LogP contribution >= 0.6 is 0 Å². The molecule has 0 atom stereocenters. The first-order valence-electron chi connectivity index (χ1n) is 15.9. The predicted molar refractivity (Wildman–Crippen MR) is 180 cm³/mol. The SMILES string of the molecule is C[N+](C)(C)CCCCCCCCCCCCOc1ccc(/C=C/c2ccc3ccc4cccc5ccc2c3c45)cc1.[Br-]. The van der Waals surface area contributed by atoms with Crippen LogP contribution in [-0.4, -0.2) is 38.8 Å². The molecule has 5 aromatic carbocycles. The number of halogens is 1. The molecule has 42 heavy (non-hydrogen) atoms. The van der Waals surface area contributed by atoms with Crippen LogP contribution in [-0.2, 0) is 0 Å². The smallest absolute Gasteiger partial charge is 0.119 e. The van der Waals surface area contributed by atoms with Gasteiger partial charge in [-0.25, -0.2) is 0 Å². The lowest BCUT2D eigenvalue weighted by Crippen LogP contribution is -3.00. The van der Waals surface area contributed by atoms with E-state index in [9.17, 15) is 0 Å². The quantitative estimate of drug-likeness (QED) is 0.0471. The van der Waals surface area contributed by atoms with Crippen molar-refractivity contribution in [2.45, 2.75) is 64.2 Å². The largest absolute Gasteiger partial charge is 1.00 e. The molecule has 0 fully saturated rings. The summed E-state index contributed by atoms with van der Waals surface area (Å²) in [6, 6.07) is 28.6. The molecule has 0 aliphatic heterocycles. The molecule has 5 aromatic rings. The lowest BCUT2D eigenvalue weighted by atomic mass is 9.92. The van der Waals surface area contributed by atoms with Crippen molar-refractivity contribution in [3.05, 3.63) is 90.0 Å². The van der Waals surface area contributed by atoms with E-state index in [0.717, 1.165) is 23.3 Å². The molecule has 0 aromatic heterocycles. The first-order valence-corrected chi connectivity index (χ1v) is 15.9. The molecule has 3 heteroatoms. The molecule has 0 aliphatic rings. The zero-order valence-corrected chi connectivity index (χ0v) is 27.5. The number of unbranched alkanes of at least 4 members (excludes halogenated alkanes) is 9. The molecule has 0 heterocycles. The van der Waals surface area contributed by atoms with Crippen LogP contribution in [0.4, 0.5) is 0 Å². The Morgan fingerprint density at radius 3 is 1.74 bits per heavy atom. The number of hydrogen-bond donors (Lipinski definition) is 0. The molecule has 222 valence electrons. The molecule has 0 amide bonds. The monoisotopic (exact) mass is 625 g/mol. The molecule has 0 radical (unpaired) electrons. The Morgan fingerprint density at radius 1 is 0.548 bits per heavy atom. The van der Waals surface area contributed by atoms with Gasteiger partial charge in [0.25, 0.3) is 0 Å². The second-order valence-corrected chi connectivity index (χ2v) is 12.8. The number of quaternary nitrogens is 1. The average molecular weight is 627 g/mol. The van der Waals surface area contributed by atoms with Crippen LogP contribution in [0.1, 0.15) is 75.3 Å². The van der Waals surface area contributed by atoms with Crippen LogP contribution in [0.5, 0.6) is 5.75 Å². The Kier molecular flexibility index (Phi) is 11.9. The number of rotatable bonds is 16. The van der Waals surface area contributed by atoms with E-state index >= 15 is 0 Å². The van der Waals surface area contributed by atoms with Gasteiger partial charge >= 0.3 is 0 Å². The van der Waals surface area contributed by atoms with Crippen molar-refractivity contribution < 1.29 is 26.2 Å². The van der Waals surface area contributed by atoms with Gasteiger partial charge in [-0.15, -0.1) is 0 Å². The predicted octanol–water partition coefficient (Wildman–Crippen LogP) is 7.74. The van der Waals surface area contributed by atoms with Crippen LogP contribution < -0.4 is 21.7 Å². The summed E-state index contributed by atoms with van der Waals surface area (Å²) in [4.78, 5) is 0. The highest BCUT2D eigenvalue weighted by molar-refractivity contribution is 6.24. The molecule has 0 unspecified atom stereocenters. The Hall–Kier alpha value is -2.88. The minimum Gasteiger partial charge on any atom is -1.00 e. The molecule has 0 spiro atoms. The van der Waals surface area contributed by atoms with Gasteiger partial charge in [0.05, 0.1) is 34.3 Å². The summed E-state index contributed by atoms with van der Waals surface area (Å²) >= 11 is 0. The Bertz CT molecular complexity index is 1530. The van der Waals surface area contributed by atoms with Crippen molar-refractivity contribution in [3.8, 4) is 5.75 Å². The maximum Gasteiger partial charge on any atom is 0.119 e. The number of ether oxygens (including phenoxy) is 1. The lowest BCUT2D eigenvalue weighted by Gasteiger charge is -2.23. The van der Waals surface area contributed by atoms with Crippen molar-refractivity contribution in [1.82, 2.24) is 0 Å². The molecular weight excluding hydrogens is 578 g/mol. The van der Waals surface area contributed by atoms with Crippen molar-refractivity contribution >= 4 is 44.5 Å². The second kappa shape index (κ2) is 15.5. The van der Waals surface area contributed by atoms with Gasteiger partial charge < -0.3 is 26.2 Å². The summed E-state index contributed by atoms with van der Waals surface area (Å²) in [5, 5.41) is 7.98. The fourth-order valence-electron chi connectivity index (χ4n) is 6.06. The average Bonchev–Trinajstić information content (AvgIpc) is 2.97. The lowest BCUT2D eigenvalue weighted by molar-refractivity contribution is -0.870. The van der Waals surface area contributed by atoms with Gasteiger partial charge in [0, 0.05) is 0 Å². The minimum absolute atomic E-state index is 0. The van der Waals surface area contributed by atoms with Gasteiger partial charge in [-0.3, -0.25) is 0 Å². The van der Waals surface area contributed by atoms with E-state index < -0.39 is 0 Å². The van der Waals surface area contributed by atoms with Crippen LogP contribution in [0.25, 0.3) is 44.5 Å². The van der Waals surface area contributed by atoms with Crippen LogP contribution in [0, 0.1) is 0 Å². The summed E-state index contributed by atoms with van der Waals surface area (Å²) < 4.78 is 7.12. The van der Waals surface area contributed by atoms with Gasteiger partial charge in [-0.05, 0) is 74.8 Å². The fourth-order valence-corrected chi connectivity index (χ4v) is 6.06. The van der Waals surface area contributed by atoms with Gasteiger partial charge in [-0.2, -0.15) is 0 Å². The molecule has 0 bridgehead atoms. The zero-order valence-electron chi connectivity index (χ0n) is 25.9. The molecule has 0 saturated carbocycles. The summed E-state index contributed by atoms with van der Waals surface area (Å²) in [5.74, 6) is 0.968. The van der Waals surface area contributed by atoms with Crippen molar-refractivity contribution in [1.29, 1.82) is 0 Å². The van der Waals surface area contributed by atoms with Gasteiger partial charge in [0.1, 0.15) is 5.75 Å². The molecule has 5 rings (SSSR count). The minimum atomic E-state index is 0. The van der Waals surface area contributed by atoms with Crippen LogP contribution in [0.15, 0.2) is 78.9 Å². The first-order chi connectivity index (χ1) is 20.0. The van der Waals surface area contributed by atoms with Crippen molar-refractivity contribution in [2.24, 2.45) is 0 Å². The third-order valence-corrected chi connectivity index (χ3v) is 8.39. The van der Waals surface area contributed by atoms with Crippen molar-refractivity contribution in [3.63, 3.8) is 0 Å². The number of benzene rings is 5. The Labute approximate surface area is 264 Å². The number of nitrogens with zero attached hydrogens (tertiary/aromatic N) is 1. The maximum absolute atomic E-state index is 6.03. The fraction of sp³-hybridized carbons (Fsp3) is 0.385. The van der Waals surface area contributed by atoms with Gasteiger partial charge in [-0.1, -0.05) is 124 Å². The van der Waals surface area contributed by atoms with Crippen LogP contribution in [0.2, 0.25) is 0 Å². The molecule has 0 aliphatic carbocycles. The third kappa shape index (κ3) is 8.82. The molecule has 0 saturated heterocycles. The summed E-state index contributed by atoms with van der Waals surface area (Å²) in [5.41, 5.74) is 2.45. The highest BCUT2D eigenvalue weighted by Gasteiger charge is 2.09. The molecule has 2 nitrogen and oxygen atoms in total. The Morgan fingerprint density at radius 2 is 1.10 bits per heavy atom. The highest BCUT2D eigenvalue weighted by atomic mass is 79.9. The van der Waals surface area contributed by atoms with Gasteiger partial charge in [0.2, 0.25) is 0 Å². The van der Waals surface area contributed by atoms with E-state index in [4.69, 9.17) is 4.74 Å². The summed E-state index contributed by atoms with van der Waals surface area (Å²) in [6.07, 6.45) is 17.9. The maximum atomic E-state index is 6.03. The normalized spacial score (nSPS) is 12.1. The molecule has 0 N–H and O–H groups in total. The van der Waals surface area contributed by atoms with E-state index in [0.29, 0.717) is 0 Å². The van der Waals surface area contributed by atoms with E-state index in [1.54, 1.807) is 0 Å². The summed E-state index contributed by atoms with van der Waals surface area (Å²) in [6.45, 7) is 2.11. The summed E-state index contributed by atoms with van der Waals surface area (Å²) in [7, 11) is 6.86. The van der Waals surface area contributed by atoms with E-state index in [1.165, 1.54) is 108 Å². The first kappa shape index (κ1) is 32.0. The van der Waals surface area contributed by atoms with E-state index in [-0.39, 0.29) is 17.0 Å². The van der Waals surface area contributed by atoms with E-state index in [1.807, 2.05) is 0 Å². The number of hydrogen-bond acceptors (Lipinski definition) is 1. The second-order valence-electron chi connectivity index (χ2n) is 12.8. The molecular formula is C39H48BrNO. The van der Waals surface area contributed by atoms with Crippen molar-refractivity contribution in [2.75, 3.05) is 34.3 Å². The Balaban J connectivity index is 0.00000405. The highest BCUT2D eigenvalue weighted by Crippen LogP contribution is 2.36.